The lowest BCUT2D eigenvalue weighted by Gasteiger charge is -2.30. The zero-order valence-corrected chi connectivity index (χ0v) is 13.5. The van der Waals surface area contributed by atoms with Gasteiger partial charge in [-0.3, -0.25) is 4.79 Å². The topological polar surface area (TPSA) is 90.4 Å². The van der Waals surface area contributed by atoms with Crippen molar-refractivity contribution in [1.82, 2.24) is 15.5 Å². The number of ether oxygens (including phenoxy) is 2. The van der Waals surface area contributed by atoms with Gasteiger partial charge in [0.05, 0.1) is 6.61 Å². The summed E-state index contributed by atoms with van der Waals surface area (Å²) in [5.74, 6) is -2.68. The zero-order valence-electron chi connectivity index (χ0n) is 12.7. The second-order valence-electron chi connectivity index (χ2n) is 4.60. The van der Waals surface area contributed by atoms with Gasteiger partial charge in [-0.05, 0) is 20.8 Å². The molecule has 1 N–H and O–H groups in total. The number of halogens is 3. The summed E-state index contributed by atoms with van der Waals surface area (Å²) in [6.45, 7) is 2.65. The van der Waals surface area contributed by atoms with Crippen LogP contribution in [0.4, 0.5) is 13.2 Å². The fraction of sp³-hybridized carbons (Fsp3) is 0.667. The van der Waals surface area contributed by atoms with Crippen LogP contribution >= 0.6 is 11.3 Å². The Morgan fingerprint density at radius 2 is 1.96 bits per heavy atom. The van der Waals surface area contributed by atoms with Crippen molar-refractivity contribution in [2.45, 2.75) is 39.1 Å². The first-order valence-corrected chi connectivity index (χ1v) is 7.33. The average molecular weight is 355 g/mol. The summed E-state index contributed by atoms with van der Waals surface area (Å²) in [6.07, 6.45) is -5.01. The number of amides is 1. The highest BCUT2D eigenvalue weighted by atomic mass is 32.1. The number of alkyl halides is 3. The van der Waals surface area contributed by atoms with Gasteiger partial charge in [0, 0.05) is 0 Å². The maximum atomic E-state index is 13.1. The highest BCUT2D eigenvalue weighted by Gasteiger charge is 2.59. The van der Waals surface area contributed by atoms with E-state index < -0.39 is 30.2 Å². The van der Waals surface area contributed by atoms with E-state index in [1.54, 1.807) is 12.2 Å². The predicted molar refractivity (Wildman–Crippen MR) is 73.5 cm³/mol. The molecule has 11 heteroatoms. The molecule has 1 atom stereocenters. The second-order valence-corrected chi connectivity index (χ2v) is 5.87. The molecule has 1 aromatic rings. The molecule has 0 aliphatic carbocycles. The van der Waals surface area contributed by atoms with Gasteiger partial charge in [0.15, 0.2) is 0 Å². The van der Waals surface area contributed by atoms with Crippen molar-refractivity contribution < 1.29 is 32.2 Å². The lowest BCUT2D eigenvalue weighted by molar-refractivity contribution is -0.210. The van der Waals surface area contributed by atoms with E-state index in [4.69, 9.17) is 4.74 Å². The van der Waals surface area contributed by atoms with Crippen molar-refractivity contribution in [3.8, 4) is 0 Å². The first kappa shape index (κ1) is 19.3. The molecule has 0 saturated heterocycles. The van der Waals surface area contributed by atoms with Gasteiger partial charge in [-0.2, -0.15) is 13.2 Å². The van der Waals surface area contributed by atoms with Gasteiger partial charge in [0.2, 0.25) is 11.4 Å². The van der Waals surface area contributed by atoms with Crippen LogP contribution in [0.3, 0.4) is 0 Å². The summed E-state index contributed by atoms with van der Waals surface area (Å²) in [4.78, 5) is 23.2. The molecule has 23 heavy (non-hydrogen) atoms. The van der Waals surface area contributed by atoms with E-state index in [0.29, 0.717) is 16.9 Å². The van der Waals surface area contributed by atoms with E-state index >= 15 is 0 Å². The third-order valence-corrected chi connectivity index (χ3v) is 3.48. The molecule has 7 nitrogen and oxygen atoms in total. The van der Waals surface area contributed by atoms with Gasteiger partial charge < -0.3 is 14.8 Å². The third kappa shape index (κ3) is 5.13. The summed E-state index contributed by atoms with van der Waals surface area (Å²) in [7, 11) is 0. The van der Waals surface area contributed by atoms with Crippen LogP contribution in [0, 0.1) is 6.92 Å². The van der Waals surface area contributed by atoms with Crippen LogP contribution in [0.1, 0.15) is 23.9 Å². The van der Waals surface area contributed by atoms with Gasteiger partial charge in [0.1, 0.15) is 23.2 Å². The Bertz CT molecular complexity index is 564. The zero-order chi connectivity index (χ0) is 17.7. The molecule has 0 radical (unpaired) electrons. The molecular weight excluding hydrogens is 339 g/mol. The SMILES string of the molecule is CCOC(=O)C(C)(NC(=O)COCc1nnc(C)s1)C(F)(F)F. The highest BCUT2D eigenvalue weighted by molar-refractivity contribution is 7.11. The van der Waals surface area contributed by atoms with Crippen LogP contribution in [0.5, 0.6) is 0 Å². The lowest BCUT2D eigenvalue weighted by Crippen LogP contribution is -2.63. The van der Waals surface area contributed by atoms with Crippen LogP contribution in [0.15, 0.2) is 0 Å². The molecule has 0 bridgehead atoms. The van der Waals surface area contributed by atoms with Crippen molar-refractivity contribution >= 4 is 23.2 Å². The van der Waals surface area contributed by atoms with Crippen LogP contribution in [0.2, 0.25) is 0 Å². The number of hydrogen-bond donors (Lipinski definition) is 1. The second kappa shape index (κ2) is 7.68. The summed E-state index contributed by atoms with van der Waals surface area (Å²) in [5, 5.41) is 10.3. The predicted octanol–water partition coefficient (Wildman–Crippen LogP) is 1.36. The largest absolute Gasteiger partial charge is 0.464 e. The number of rotatable bonds is 7. The number of nitrogens with one attached hydrogen (secondary N) is 1. The number of aromatic nitrogens is 2. The minimum Gasteiger partial charge on any atom is -0.464 e. The quantitative estimate of drug-likeness (QED) is 0.743. The molecule has 1 heterocycles. The van der Waals surface area contributed by atoms with E-state index in [2.05, 4.69) is 14.9 Å². The standard InChI is InChI=1S/C12H16F3N3O4S/c1-4-22-10(20)11(3,12(13,14)15)16-8(19)5-21-6-9-18-17-7(2)23-9/h4-6H2,1-3H3,(H,16,19). The van der Waals surface area contributed by atoms with Gasteiger partial charge in [-0.15, -0.1) is 10.2 Å². The Labute approximate surface area is 134 Å². The molecule has 1 amide bonds. The monoisotopic (exact) mass is 355 g/mol. The normalized spacial score (nSPS) is 14.2. The molecule has 0 aliphatic heterocycles. The van der Waals surface area contributed by atoms with E-state index in [1.165, 1.54) is 18.3 Å². The molecule has 0 aromatic carbocycles. The van der Waals surface area contributed by atoms with E-state index in [9.17, 15) is 22.8 Å². The summed E-state index contributed by atoms with van der Waals surface area (Å²) < 4.78 is 48.5. The van der Waals surface area contributed by atoms with Crippen molar-refractivity contribution in [2.24, 2.45) is 0 Å². The van der Waals surface area contributed by atoms with Gasteiger partial charge in [0.25, 0.3) is 0 Å². The van der Waals surface area contributed by atoms with E-state index in [1.807, 2.05) is 0 Å². The lowest BCUT2D eigenvalue weighted by atomic mass is 10.0. The minimum atomic E-state index is -5.01. The van der Waals surface area contributed by atoms with Gasteiger partial charge >= 0.3 is 12.1 Å². The third-order valence-electron chi connectivity index (χ3n) is 2.67. The average Bonchev–Trinajstić information content (AvgIpc) is 2.83. The van der Waals surface area contributed by atoms with Crippen LogP contribution < -0.4 is 5.32 Å². The Hall–Kier alpha value is -1.75. The van der Waals surface area contributed by atoms with E-state index in [-0.39, 0.29) is 13.2 Å². The van der Waals surface area contributed by atoms with Crippen LogP contribution in [0.25, 0.3) is 0 Å². The number of carbonyl (C=O) groups excluding carboxylic acids is 2. The smallest absolute Gasteiger partial charge is 0.422 e. The Balaban J connectivity index is 2.61. The van der Waals surface area contributed by atoms with Crippen molar-refractivity contribution in [3.05, 3.63) is 10.0 Å². The molecule has 130 valence electrons. The molecule has 0 aliphatic rings. The fourth-order valence-electron chi connectivity index (χ4n) is 1.45. The summed E-state index contributed by atoms with van der Waals surface area (Å²) in [5.41, 5.74) is -3.14. The van der Waals surface area contributed by atoms with Gasteiger partial charge in [-0.1, -0.05) is 11.3 Å². The Kier molecular flexibility index (Phi) is 6.45. The first-order chi connectivity index (χ1) is 10.6. The number of esters is 1. The summed E-state index contributed by atoms with van der Waals surface area (Å²) in [6, 6.07) is 0. The maximum absolute atomic E-state index is 13.1. The maximum Gasteiger partial charge on any atom is 0.422 e. The van der Waals surface area contributed by atoms with Gasteiger partial charge in [-0.25, -0.2) is 4.79 Å². The fourth-order valence-corrected chi connectivity index (χ4v) is 2.10. The van der Waals surface area contributed by atoms with Crippen LogP contribution in [-0.2, 0) is 25.7 Å². The number of aryl methyl sites for hydroxylation is 1. The summed E-state index contributed by atoms with van der Waals surface area (Å²) >= 11 is 1.24. The molecule has 0 saturated carbocycles. The molecule has 0 fully saturated rings. The van der Waals surface area contributed by atoms with Crippen molar-refractivity contribution in [2.75, 3.05) is 13.2 Å². The number of nitrogens with zero attached hydrogens (tertiary/aromatic N) is 2. The van der Waals surface area contributed by atoms with Crippen molar-refractivity contribution in [3.63, 3.8) is 0 Å². The molecular formula is C12H16F3N3O4S. The molecule has 1 unspecified atom stereocenters. The number of hydrogen-bond acceptors (Lipinski definition) is 7. The molecule has 0 spiro atoms. The Morgan fingerprint density at radius 3 is 2.43 bits per heavy atom. The number of carbonyl (C=O) groups is 2. The van der Waals surface area contributed by atoms with Crippen LogP contribution in [-0.4, -0.2) is 47.0 Å². The Morgan fingerprint density at radius 1 is 1.30 bits per heavy atom. The highest BCUT2D eigenvalue weighted by Crippen LogP contribution is 2.31. The molecule has 1 rings (SSSR count). The minimum absolute atomic E-state index is 0.0684. The van der Waals surface area contributed by atoms with Crippen molar-refractivity contribution in [1.29, 1.82) is 0 Å². The first-order valence-electron chi connectivity index (χ1n) is 6.52. The van der Waals surface area contributed by atoms with E-state index in [0.717, 1.165) is 0 Å². The molecule has 1 aromatic heterocycles.